The fraction of sp³-hybridized carbons (Fsp3) is 1.00. The Morgan fingerprint density at radius 2 is 1.43 bits per heavy atom. The molecule has 1 aliphatic rings. The van der Waals surface area contributed by atoms with Gasteiger partial charge >= 0.3 is 0 Å². The molecule has 1 aliphatic carbocycles. The Bertz CT molecular complexity index is 231. The van der Waals surface area contributed by atoms with Crippen molar-refractivity contribution in [1.82, 2.24) is 5.32 Å². The summed E-state index contributed by atoms with van der Waals surface area (Å²) in [5, 5.41) is 14.0. The van der Waals surface area contributed by atoms with Gasteiger partial charge < -0.3 is 15.2 Å². The first-order chi connectivity index (χ1) is 10.1. The zero-order chi connectivity index (χ0) is 15.4. The molecule has 0 amide bonds. The molecule has 1 unspecified atom stereocenters. The molecule has 1 fully saturated rings. The highest BCUT2D eigenvalue weighted by Crippen LogP contribution is 2.18. The van der Waals surface area contributed by atoms with E-state index in [1.807, 2.05) is 6.92 Å². The Morgan fingerprint density at radius 3 is 1.90 bits per heavy atom. The van der Waals surface area contributed by atoms with Crippen molar-refractivity contribution in [2.45, 2.75) is 95.6 Å². The van der Waals surface area contributed by atoms with Crippen LogP contribution in [-0.4, -0.2) is 37.0 Å². The van der Waals surface area contributed by atoms with Crippen LogP contribution in [0.4, 0.5) is 0 Å². The van der Waals surface area contributed by atoms with Crippen molar-refractivity contribution in [3.05, 3.63) is 0 Å². The predicted octanol–water partition coefficient (Wildman–Crippen LogP) is 4.04. The maximum Gasteiger partial charge on any atom is 0.0765 e. The summed E-state index contributed by atoms with van der Waals surface area (Å²) in [7, 11) is 1.69. The average Bonchev–Trinajstić information content (AvgIpc) is 2.45. The molecule has 0 heterocycles. The van der Waals surface area contributed by atoms with Crippen molar-refractivity contribution >= 4 is 0 Å². The van der Waals surface area contributed by atoms with Crippen LogP contribution < -0.4 is 5.32 Å². The summed E-state index contributed by atoms with van der Waals surface area (Å²) >= 11 is 0. The van der Waals surface area contributed by atoms with Gasteiger partial charge in [-0.3, -0.25) is 0 Å². The highest BCUT2D eigenvalue weighted by Gasteiger charge is 2.21. The molecule has 1 rings (SSSR count). The van der Waals surface area contributed by atoms with Crippen molar-refractivity contribution < 1.29 is 9.84 Å². The van der Waals surface area contributed by atoms with Crippen molar-refractivity contribution in [2.24, 2.45) is 0 Å². The number of rotatable bonds is 6. The van der Waals surface area contributed by atoms with Crippen LogP contribution in [0.1, 0.15) is 84.0 Å². The smallest absolute Gasteiger partial charge is 0.0765 e. The molecule has 1 atom stereocenters. The minimum absolute atomic E-state index is 0.582. The number of hydrogen-bond donors (Lipinski definition) is 2. The van der Waals surface area contributed by atoms with E-state index in [4.69, 9.17) is 4.74 Å². The molecule has 1 saturated carbocycles. The first-order valence-electron chi connectivity index (χ1n) is 9.09. The Labute approximate surface area is 131 Å². The van der Waals surface area contributed by atoms with Gasteiger partial charge in [-0.05, 0) is 19.8 Å². The Hall–Kier alpha value is -0.120. The molecule has 0 aromatic rings. The van der Waals surface area contributed by atoms with Gasteiger partial charge in [-0.15, -0.1) is 0 Å². The second-order valence-electron chi connectivity index (χ2n) is 7.08. The summed E-state index contributed by atoms with van der Waals surface area (Å²) in [6.07, 6.45) is 15.7. The Kier molecular flexibility index (Phi) is 10.3. The molecule has 3 nitrogen and oxygen atoms in total. The third-order valence-electron chi connectivity index (χ3n) is 4.72. The van der Waals surface area contributed by atoms with E-state index in [0.717, 1.165) is 0 Å². The van der Waals surface area contributed by atoms with E-state index in [1.165, 1.54) is 70.6 Å². The van der Waals surface area contributed by atoms with Crippen LogP contribution >= 0.6 is 0 Å². The number of ether oxygens (including phenoxy) is 1. The minimum atomic E-state index is -0.653. The topological polar surface area (TPSA) is 41.5 Å². The lowest BCUT2D eigenvalue weighted by Crippen LogP contribution is -2.43. The lowest BCUT2D eigenvalue weighted by Gasteiger charge is -2.27. The first kappa shape index (κ1) is 18.9. The average molecular weight is 299 g/mol. The van der Waals surface area contributed by atoms with E-state index >= 15 is 0 Å². The molecule has 21 heavy (non-hydrogen) atoms. The van der Waals surface area contributed by atoms with Crippen LogP contribution in [0.15, 0.2) is 0 Å². The fourth-order valence-electron chi connectivity index (χ4n) is 3.14. The zero-order valence-electron chi connectivity index (χ0n) is 14.3. The van der Waals surface area contributed by atoms with Crippen molar-refractivity contribution in [1.29, 1.82) is 0 Å². The monoisotopic (exact) mass is 299 g/mol. The number of methoxy groups -OCH3 is 1. The molecule has 0 aliphatic heterocycles. The summed E-state index contributed by atoms with van der Waals surface area (Å²) in [4.78, 5) is 0. The van der Waals surface area contributed by atoms with Gasteiger partial charge in [-0.1, -0.05) is 57.8 Å². The molecular weight excluding hydrogens is 262 g/mol. The fourth-order valence-corrected chi connectivity index (χ4v) is 3.14. The SMILES string of the molecule is COCCC(C)(O)CNC1CCCCCCCCCCC1. The van der Waals surface area contributed by atoms with E-state index in [0.29, 0.717) is 25.6 Å². The molecule has 126 valence electrons. The van der Waals surface area contributed by atoms with Gasteiger partial charge in [0.15, 0.2) is 0 Å². The standard InChI is InChI=1S/C18H37NO2/c1-18(20,14-15-21-2)16-19-17-12-10-8-6-4-3-5-7-9-11-13-17/h17,19-20H,3-16H2,1-2H3. The summed E-state index contributed by atoms with van der Waals surface area (Å²) in [6, 6.07) is 0.582. The van der Waals surface area contributed by atoms with Crippen molar-refractivity contribution in [2.75, 3.05) is 20.3 Å². The van der Waals surface area contributed by atoms with Gasteiger partial charge in [0, 0.05) is 32.7 Å². The van der Waals surface area contributed by atoms with Gasteiger partial charge in [0.2, 0.25) is 0 Å². The molecule has 0 aromatic carbocycles. The molecule has 0 spiro atoms. The molecule has 2 N–H and O–H groups in total. The normalized spacial score (nSPS) is 23.0. The summed E-state index contributed by atoms with van der Waals surface area (Å²) in [5.74, 6) is 0. The van der Waals surface area contributed by atoms with E-state index in [1.54, 1.807) is 7.11 Å². The first-order valence-corrected chi connectivity index (χ1v) is 9.09. The zero-order valence-corrected chi connectivity index (χ0v) is 14.3. The predicted molar refractivity (Wildman–Crippen MR) is 89.7 cm³/mol. The highest BCUT2D eigenvalue weighted by molar-refractivity contribution is 4.78. The lowest BCUT2D eigenvalue weighted by atomic mass is 9.96. The molecule has 0 radical (unpaired) electrons. The van der Waals surface area contributed by atoms with Crippen LogP contribution in [0.2, 0.25) is 0 Å². The summed E-state index contributed by atoms with van der Waals surface area (Å²) in [6.45, 7) is 3.22. The van der Waals surface area contributed by atoms with E-state index < -0.39 is 5.60 Å². The van der Waals surface area contributed by atoms with E-state index in [2.05, 4.69) is 5.32 Å². The molecular formula is C18H37NO2. The van der Waals surface area contributed by atoms with E-state index in [-0.39, 0.29) is 0 Å². The molecule has 3 heteroatoms. The maximum absolute atomic E-state index is 10.3. The largest absolute Gasteiger partial charge is 0.389 e. The van der Waals surface area contributed by atoms with Gasteiger partial charge in [-0.25, -0.2) is 0 Å². The van der Waals surface area contributed by atoms with Crippen LogP contribution in [0, 0.1) is 0 Å². The third kappa shape index (κ3) is 10.3. The Balaban J connectivity index is 2.30. The number of nitrogens with one attached hydrogen (secondary N) is 1. The summed E-state index contributed by atoms with van der Waals surface area (Å²) in [5.41, 5.74) is -0.653. The van der Waals surface area contributed by atoms with Crippen LogP contribution in [-0.2, 0) is 4.74 Å². The second kappa shape index (κ2) is 11.4. The van der Waals surface area contributed by atoms with Crippen LogP contribution in [0.5, 0.6) is 0 Å². The number of hydrogen-bond acceptors (Lipinski definition) is 3. The van der Waals surface area contributed by atoms with Gasteiger partial charge in [0.1, 0.15) is 0 Å². The van der Waals surface area contributed by atoms with Crippen molar-refractivity contribution in [3.8, 4) is 0 Å². The Morgan fingerprint density at radius 1 is 0.952 bits per heavy atom. The number of aliphatic hydroxyl groups is 1. The second-order valence-corrected chi connectivity index (χ2v) is 7.08. The molecule has 0 saturated heterocycles. The lowest BCUT2D eigenvalue weighted by molar-refractivity contribution is 0.0221. The van der Waals surface area contributed by atoms with E-state index in [9.17, 15) is 5.11 Å². The van der Waals surface area contributed by atoms with Crippen LogP contribution in [0.25, 0.3) is 0 Å². The summed E-state index contributed by atoms with van der Waals surface area (Å²) < 4.78 is 5.07. The molecule has 0 bridgehead atoms. The third-order valence-corrected chi connectivity index (χ3v) is 4.72. The van der Waals surface area contributed by atoms with Gasteiger partial charge in [-0.2, -0.15) is 0 Å². The maximum atomic E-state index is 10.3. The van der Waals surface area contributed by atoms with Gasteiger partial charge in [0.25, 0.3) is 0 Å². The van der Waals surface area contributed by atoms with Crippen molar-refractivity contribution in [3.63, 3.8) is 0 Å². The highest BCUT2D eigenvalue weighted by atomic mass is 16.5. The van der Waals surface area contributed by atoms with Gasteiger partial charge in [0.05, 0.1) is 5.60 Å². The quantitative estimate of drug-likeness (QED) is 0.778. The molecule has 0 aromatic heterocycles. The van der Waals surface area contributed by atoms with Crippen LogP contribution in [0.3, 0.4) is 0 Å². The minimum Gasteiger partial charge on any atom is -0.389 e.